The molecular formula is C19H24N4O. The molecule has 0 saturated carbocycles. The van der Waals surface area contributed by atoms with Crippen molar-refractivity contribution in [3.05, 3.63) is 53.5 Å². The van der Waals surface area contributed by atoms with Gasteiger partial charge in [-0.1, -0.05) is 25.1 Å². The van der Waals surface area contributed by atoms with E-state index in [2.05, 4.69) is 28.0 Å². The molecule has 126 valence electrons. The third-order valence-corrected chi connectivity index (χ3v) is 4.36. The van der Waals surface area contributed by atoms with Crippen molar-refractivity contribution in [3.63, 3.8) is 0 Å². The van der Waals surface area contributed by atoms with Gasteiger partial charge in [-0.15, -0.1) is 0 Å². The van der Waals surface area contributed by atoms with E-state index < -0.39 is 0 Å². The van der Waals surface area contributed by atoms with Crippen molar-refractivity contribution in [2.45, 2.75) is 39.8 Å². The van der Waals surface area contributed by atoms with E-state index in [1.807, 2.05) is 51.4 Å². The van der Waals surface area contributed by atoms with Crippen LogP contribution in [0.15, 0.2) is 36.5 Å². The Morgan fingerprint density at radius 3 is 2.75 bits per heavy atom. The number of hydrogen-bond donors (Lipinski definition) is 1. The van der Waals surface area contributed by atoms with Crippen LogP contribution in [0.25, 0.3) is 10.9 Å². The summed E-state index contributed by atoms with van der Waals surface area (Å²) in [5.41, 5.74) is 3.81. The topological polar surface area (TPSA) is 51.9 Å². The summed E-state index contributed by atoms with van der Waals surface area (Å²) in [5, 5.41) is 8.57. The smallest absolute Gasteiger partial charge is 0.268 e. The van der Waals surface area contributed by atoms with Crippen molar-refractivity contribution >= 4 is 16.8 Å². The Labute approximate surface area is 142 Å². The highest BCUT2D eigenvalue weighted by atomic mass is 16.2. The van der Waals surface area contributed by atoms with Crippen molar-refractivity contribution in [2.75, 3.05) is 0 Å². The Bertz CT molecular complexity index is 875. The number of rotatable bonds is 5. The van der Waals surface area contributed by atoms with Crippen molar-refractivity contribution < 1.29 is 4.79 Å². The van der Waals surface area contributed by atoms with Crippen LogP contribution in [0.4, 0.5) is 0 Å². The molecule has 1 amide bonds. The average Bonchev–Trinajstić information content (AvgIpc) is 3.08. The fourth-order valence-electron chi connectivity index (χ4n) is 3.25. The number of nitrogens with zero attached hydrogens (tertiary/aromatic N) is 3. The lowest BCUT2D eigenvalue weighted by molar-refractivity contribution is 0.0931. The number of amides is 1. The number of carbonyl (C=O) groups is 1. The molecule has 0 saturated heterocycles. The zero-order chi connectivity index (χ0) is 17.3. The van der Waals surface area contributed by atoms with Crippen LogP contribution in [0.3, 0.4) is 0 Å². The van der Waals surface area contributed by atoms with E-state index in [0.717, 1.165) is 35.1 Å². The Kier molecular flexibility index (Phi) is 4.42. The van der Waals surface area contributed by atoms with Gasteiger partial charge in [0, 0.05) is 36.3 Å². The summed E-state index contributed by atoms with van der Waals surface area (Å²) in [6.07, 6.45) is 2.94. The van der Waals surface area contributed by atoms with Crippen LogP contribution < -0.4 is 5.32 Å². The molecule has 1 unspecified atom stereocenters. The second-order valence-corrected chi connectivity index (χ2v) is 6.28. The van der Waals surface area contributed by atoms with Crippen LogP contribution in [0.5, 0.6) is 0 Å². The molecule has 24 heavy (non-hydrogen) atoms. The first-order valence-corrected chi connectivity index (χ1v) is 8.40. The summed E-state index contributed by atoms with van der Waals surface area (Å²) >= 11 is 0. The number of hydrogen-bond acceptors (Lipinski definition) is 2. The van der Waals surface area contributed by atoms with Gasteiger partial charge in [-0.25, -0.2) is 0 Å². The van der Waals surface area contributed by atoms with Crippen molar-refractivity contribution in [1.29, 1.82) is 0 Å². The maximum absolute atomic E-state index is 12.9. The number of aromatic nitrogens is 3. The summed E-state index contributed by atoms with van der Waals surface area (Å²) in [7, 11) is 1.89. The largest absolute Gasteiger partial charge is 0.344 e. The monoisotopic (exact) mass is 324 g/mol. The first kappa shape index (κ1) is 16.3. The molecule has 3 aromatic rings. The fraction of sp³-hybridized carbons (Fsp3) is 0.368. The lowest BCUT2D eigenvalue weighted by atomic mass is 10.1. The first-order valence-electron chi connectivity index (χ1n) is 8.40. The Morgan fingerprint density at radius 1 is 1.33 bits per heavy atom. The molecule has 2 aromatic heterocycles. The van der Waals surface area contributed by atoms with Crippen LogP contribution in [-0.2, 0) is 13.6 Å². The van der Waals surface area contributed by atoms with Crippen LogP contribution >= 0.6 is 0 Å². The predicted octanol–water partition coefficient (Wildman–Crippen LogP) is 3.58. The number of para-hydroxylation sites is 1. The maximum Gasteiger partial charge on any atom is 0.268 e. The van der Waals surface area contributed by atoms with Gasteiger partial charge in [0.15, 0.2) is 0 Å². The molecule has 2 heterocycles. The van der Waals surface area contributed by atoms with E-state index >= 15 is 0 Å². The molecule has 5 heteroatoms. The minimum Gasteiger partial charge on any atom is -0.344 e. The summed E-state index contributed by atoms with van der Waals surface area (Å²) in [6.45, 7) is 6.91. The summed E-state index contributed by atoms with van der Waals surface area (Å²) < 4.78 is 3.88. The molecule has 0 aliphatic rings. The Hall–Kier alpha value is -2.56. The highest BCUT2D eigenvalue weighted by Gasteiger charge is 2.19. The van der Waals surface area contributed by atoms with Crippen LogP contribution in [0.1, 0.15) is 48.1 Å². The van der Waals surface area contributed by atoms with Gasteiger partial charge in [0.05, 0.1) is 11.7 Å². The first-order chi connectivity index (χ1) is 11.5. The number of carbonyl (C=O) groups excluding carboxylic acids is 1. The molecule has 1 aromatic carbocycles. The van der Waals surface area contributed by atoms with Gasteiger partial charge in [0.1, 0.15) is 5.69 Å². The predicted molar refractivity (Wildman–Crippen MR) is 96.1 cm³/mol. The minimum atomic E-state index is -0.0840. The molecular weight excluding hydrogens is 300 g/mol. The van der Waals surface area contributed by atoms with Crippen molar-refractivity contribution in [2.24, 2.45) is 7.05 Å². The lowest BCUT2D eigenvalue weighted by Crippen LogP contribution is -2.28. The molecule has 1 atom stereocenters. The van der Waals surface area contributed by atoms with Crippen LogP contribution in [0.2, 0.25) is 0 Å². The molecule has 0 bridgehead atoms. The molecule has 0 radical (unpaired) electrons. The molecule has 0 spiro atoms. The molecule has 1 N–H and O–H groups in total. The lowest BCUT2D eigenvalue weighted by Gasteiger charge is -2.15. The van der Waals surface area contributed by atoms with Gasteiger partial charge in [-0.2, -0.15) is 5.10 Å². The third kappa shape index (κ3) is 2.94. The van der Waals surface area contributed by atoms with Gasteiger partial charge in [-0.05, 0) is 32.4 Å². The molecule has 5 nitrogen and oxygen atoms in total. The van der Waals surface area contributed by atoms with Crippen LogP contribution in [0, 0.1) is 6.92 Å². The third-order valence-electron chi connectivity index (χ3n) is 4.36. The molecule has 3 rings (SSSR count). The number of nitrogens with one attached hydrogen (secondary N) is 1. The highest BCUT2D eigenvalue weighted by Crippen LogP contribution is 2.22. The number of benzene rings is 1. The normalized spacial score (nSPS) is 12.5. The quantitative estimate of drug-likeness (QED) is 0.780. The Morgan fingerprint density at radius 2 is 2.08 bits per heavy atom. The maximum atomic E-state index is 12.9. The van der Waals surface area contributed by atoms with Crippen molar-refractivity contribution in [1.82, 2.24) is 19.7 Å². The van der Waals surface area contributed by atoms with Gasteiger partial charge < -0.3 is 9.88 Å². The average molecular weight is 324 g/mol. The number of fused-ring (bicyclic) bond motifs is 1. The number of aryl methyl sites for hydroxylation is 3. The second-order valence-electron chi connectivity index (χ2n) is 6.28. The van der Waals surface area contributed by atoms with Crippen LogP contribution in [-0.4, -0.2) is 20.3 Å². The SMILES string of the molecule is CCCn1c(C(=O)NC(C)c2cn(C)nc2C)cc2ccccc21. The van der Waals surface area contributed by atoms with Gasteiger partial charge in [-0.3, -0.25) is 9.48 Å². The zero-order valence-corrected chi connectivity index (χ0v) is 14.7. The minimum absolute atomic E-state index is 0.0459. The van der Waals surface area contributed by atoms with Gasteiger partial charge in [0.2, 0.25) is 0 Å². The Balaban J connectivity index is 1.91. The molecule has 0 aliphatic carbocycles. The molecule has 0 fully saturated rings. The van der Waals surface area contributed by atoms with E-state index in [0.29, 0.717) is 5.69 Å². The summed E-state index contributed by atoms with van der Waals surface area (Å²) in [4.78, 5) is 12.9. The van der Waals surface area contributed by atoms with Crippen molar-refractivity contribution in [3.8, 4) is 0 Å². The summed E-state index contributed by atoms with van der Waals surface area (Å²) in [6, 6.07) is 10.0. The van der Waals surface area contributed by atoms with E-state index in [9.17, 15) is 4.79 Å². The van der Waals surface area contributed by atoms with E-state index in [1.165, 1.54) is 0 Å². The van der Waals surface area contributed by atoms with E-state index in [-0.39, 0.29) is 11.9 Å². The van der Waals surface area contributed by atoms with Gasteiger partial charge >= 0.3 is 0 Å². The summed E-state index contributed by atoms with van der Waals surface area (Å²) in [5.74, 6) is -0.0459. The fourth-order valence-corrected chi connectivity index (χ4v) is 3.25. The zero-order valence-electron chi connectivity index (χ0n) is 14.7. The second kappa shape index (κ2) is 6.51. The van der Waals surface area contributed by atoms with E-state index in [1.54, 1.807) is 4.68 Å². The standard InChI is InChI=1S/C19H24N4O/c1-5-10-23-17-9-7-6-8-15(17)11-18(23)19(24)20-13(2)16-12-22(4)21-14(16)3/h6-9,11-13H,5,10H2,1-4H3,(H,20,24). The van der Waals surface area contributed by atoms with Gasteiger partial charge in [0.25, 0.3) is 5.91 Å². The highest BCUT2D eigenvalue weighted by molar-refractivity contribution is 5.99. The molecule has 0 aliphatic heterocycles. The van der Waals surface area contributed by atoms with E-state index in [4.69, 9.17) is 0 Å².